The van der Waals surface area contributed by atoms with E-state index in [0.717, 1.165) is 55.3 Å². The highest BCUT2D eigenvalue weighted by Crippen LogP contribution is 2.34. The molecule has 8 rings (SSSR count). The molecule has 0 saturated heterocycles. The molecule has 3 nitrogen and oxygen atoms in total. The van der Waals surface area contributed by atoms with Gasteiger partial charge in [0, 0.05) is 22.5 Å². The third-order valence-electron chi connectivity index (χ3n) is 8.11. The van der Waals surface area contributed by atoms with Gasteiger partial charge in [-0.2, -0.15) is 5.26 Å². The molecule has 0 aliphatic heterocycles. The normalized spacial score (nSPS) is 11.3. The Morgan fingerprint density at radius 3 is 1.95 bits per heavy atom. The molecule has 194 valence electrons. The average Bonchev–Trinajstić information content (AvgIpc) is 3.07. The number of pyridine rings is 2. The van der Waals surface area contributed by atoms with E-state index in [1.165, 1.54) is 21.5 Å². The number of rotatable bonds is 3. The van der Waals surface area contributed by atoms with Crippen molar-refractivity contribution in [3.8, 4) is 39.6 Å². The van der Waals surface area contributed by atoms with Crippen molar-refractivity contribution in [2.75, 3.05) is 0 Å². The Labute approximate surface area is 243 Å². The van der Waals surface area contributed by atoms with Crippen molar-refractivity contribution in [1.29, 1.82) is 5.26 Å². The van der Waals surface area contributed by atoms with Crippen LogP contribution in [0.3, 0.4) is 0 Å². The van der Waals surface area contributed by atoms with Crippen LogP contribution in [0.5, 0.6) is 0 Å². The number of hydrogen-bond donors (Lipinski definition) is 0. The molecule has 0 atom stereocenters. The summed E-state index contributed by atoms with van der Waals surface area (Å²) >= 11 is 0. The van der Waals surface area contributed by atoms with E-state index >= 15 is 0 Å². The molecule has 0 saturated carbocycles. The second kappa shape index (κ2) is 9.66. The van der Waals surface area contributed by atoms with Gasteiger partial charge in [-0.05, 0) is 86.3 Å². The third-order valence-corrected chi connectivity index (χ3v) is 8.11. The SMILES string of the molecule is N#Cc1ccc(-c2cccc3ccc(-c4ccc5ccc(-c6ccc7ccc8cccnc8c7n6)cc5c4)cc23)cc1. The highest BCUT2D eigenvalue weighted by molar-refractivity contribution is 6.04. The summed E-state index contributed by atoms with van der Waals surface area (Å²) < 4.78 is 0. The molecule has 6 aromatic carbocycles. The van der Waals surface area contributed by atoms with Gasteiger partial charge in [0.05, 0.1) is 28.4 Å². The minimum Gasteiger partial charge on any atom is -0.254 e. The summed E-state index contributed by atoms with van der Waals surface area (Å²) in [4.78, 5) is 9.68. The topological polar surface area (TPSA) is 49.6 Å². The molecule has 0 aliphatic rings. The van der Waals surface area contributed by atoms with Gasteiger partial charge in [-0.25, -0.2) is 4.98 Å². The number of nitriles is 1. The van der Waals surface area contributed by atoms with Crippen LogP contribution in [0.1, 0.15) is 5.56 Å². The highest BCUT2D eigenvalue weighted by atomic mass is 14.7. The van der Waals surface area contributed by atoms with Crippen molar-refractivity contribution in [2.24, 2.45) is 0 Å². The maximum Gasteiger partial charge on any atom is 0.0991 e. The van der Waals surface area contributed by atoms with Crippen LogP contribution in [-0.2, 0) is 0 Å². The van der Waals surface area contributed by atoms with Crippen LogP contribution in [-0.4, -0.2) is 9.97 Å². The Hall–Kier alpha value is -5.85. The lowest BCUT2D eigenvalue weighted by atomic mass is 9.93. The van der Waals surface area contributed by atoms with Crippen LogP contribution in [0.15, 0.2) is 140 Å². The molecule has 0 radical (unpaired) electrons. The van der Waals surface area contributed by atoms with E-state index in [1.807, 2.05) is 36.5 Å². The molecule has 0 N–H and O–H groups in total. The van der Waals surface area contributed by atoms with Gasteiger partial charge < -0.3 is 0 Å². The predicted octanol–water partition coefficient (Wildman–Crippen LogP) is 9.96. The van der Waals surface area contributed by atoms with Crippen LogP contribution < -0.4 is 0 Å². The van der Waals surface area contributed by atoms with E-state index in [1.54, 1.807) is 0 Å². The Morgan fingerprint density at radius 1 is 0.476 bits per heavy atom. The largest absolute Gasteiger partial charge is 0.254 e. The summed E-state index contributed by atoms with van der Waals surface area (Å²) in [5, 5.41) is 16.1. The van der Waals surface area contributed by atoms with Crippen molar-refractivity contribution in [2.45, 2.75) is 0 Å². The first-order valence-corrected chi connectivity index (χ1v) is 14.0. The van der Waals surface area contributed by atoms with Crippen LogP contribution >= 0.6 is 0 Å². The first kappa shape index (κ1) is 24.0. The fraction of sp³-hybridized carbons (Fsp3) is 0. The van der Waals surface area contributed by atoms with Gasteiger partial charge in [0.15, 0.2) is 0 Å². The van der Waals surface area contributed by atoms with Crippen LogP contribution in [0.25, 0.3) is 76.9 Å². The van der Waals surface area contributed by atoms with Gasteiger partial charge in [0.1, 0.15) is 0 Å². The fourth-order valence-corrected chi connectivity index (χ4v) is 5.90. The minimum absolute atomic E-state index is 0.666. The summed E-state index contributed by atoms with van der Waals surface area (Å²) in [7, 11) is 0. The Kier molecular flexibility index (Phi) is 5.52. The van der Waals surface area contributed by atoms with E-state index in [4.69, 9.17) is 4.98 Å². The van der Waals surface area contributed by atoms with E-state index in [-0.39, 0.29) is 0 Å². The lowest BCUT2D eigenvalue weighted by Gasteiger charge is -2.11. The van der Waals surface area contributed by atoms with Gasteiger partial charge in [-0.15, -0.1) is 0 Å². The van der Waals surface area contributed by atoms with Crippen LogP contribution in [0.2, 0.25) is 0 Å². The zero-order chi connectivity index (χ0) is 28.0. The zero-order valence-corrected chi connectivity index (χ0v) is 22.6. The van der Waals surface area contributed by atoms with Gasteiger partial charge in [0.25, 0.3) is 0 Å². The zero-order valence-electron chi connectivity index (χ0n) is 22.6. The monoisotopic (exact) mass is 533 g/mol. The van der Waals surface area contributed by atoms with Crippen molar-refractivity contribution < 1.29 is 0 Å². The lowest BCUT2D eigenvalue weighted by molar-refractivity contribution is 1.37. The summed E-state index contributed by atoms with van der Waals surface area (Å²) in [5.41, 5.74) is 9.12. The molecule has 0 spiro atoms. The van der Waals surface area contributed by atoms with Gasteiger partial charge in [-0.1, -0.05) is 91.0 Å². The number of fused-ring (bicyclic) bond motifs is 5. The standard InChI is InChI=1S/C39H23N3/c40-24-25-6-8-28(9-7-25)35-5-1-3-27-12-16-32(23-36(27)35)31-15-10-26-11-17-33(22-34(26)21-31)37-19-18-30-14-13-29-4-2-20-41-38(29)39(30)42-37/h1-23H. The molecule has 0 unspecified atom stereocenters. The number of nitrogens with zero attached hydrogens (tertiary/aromatic N) is 3. The second-order valence-electron chi connectivity index (χ2n) is 10.6. The maximum absolute atomic E-state index is 9.21. The van der Waals surface area contributed by atoms with Crippen molar-refractivity contribution in [3.05, 3.63) is 145 Å². The molecule has 0 bridgehead atoms. The van der Waals surface area contributed by atoms with Crippen LogP contribution in [0.4, 0.5) is 0 Å². The molecule has 0 aliphatic carbocycles. The molecular formula is C39H23N3. The highest BCUT2D eigenvalue weighted by Gasteiger charge is 2.10. The molecule has 3 heteroatoms. The van der Waals surface area contributed by atoms with E-state index in [9.17, 15) is 5.26 Å². The predicted molar refractivity (Wildman–Crippen MR) is 173 cm³/mol. The van der Waals surface area contributed by atoms with Gasteiger partial charge in [0.2, 0.25) is 0 Å². The average molecular weight is 534 g/mol. The number of benzene rings is 6. The van der Waals surface area contributed by atoms with E-state index in [2.05, 4.69) is 114 Å². The van der Waals surface area contributed by atoms with Crippen LogP contribution in [0, 0.1) is 11.3 Å². The van der Waals surface area contributed by atoms with Crippen molar-refractivity contribution in [3.63, 3.8) is 0 Å². The lowest BCUT2D eigenvalue weighted by Crippen LogP contribution is -1.89. The third kappa shape index (κ3) is 4.06. The molecular weight excluding hydrogens is 510 g/mol. The number of hydrogen-bond acceptors (Lipinski definition) is 3. The maximum atomic E-state index is 9.21. The smallest absolute Gasteiger partial charge is 0.0991 e. The molecule has 8 aromatic rings. The Morgan fingerprint density at radius 2 is 1.12 bits per heavy atom. The Balaban J connectivity index is 1.22. The summed E-state index contributed by atoms with van der Waals surface area (Å²) in [5.74, 6) is 0. The quantitative estimate of drug-likeness (QED) is 0.212. The summed E-state index contributed by atoms with van der Waals surface area (Å²) in [6.07, 6.45) is 1.83. The molecule has 0 amide bonds. The summed E-state index contributed by atoms with van der Waals surface area (Å²) in [6.45, 7) is 0. The van der Waals surface area contributed by atoms with Gasteiger partial charge >= 0.3 is 0 Å². The second-order valence-corrected chi connectivity index (χ2v) is 10.6. The van der Waals surface area contributed by atoms with E-state index in [0.29, 0.717) is 5.56 Å². The number of aromatic nitrogens is 2. The van der Waals surface area contributed by atoms with Crippen molar-refractivity contribution >= 4 is 43.4 Å². The molecule has 42 heavy (non-hydrogen) atoms. The van der Waals surface area contributed by atoms with E-state index < -0.39 is 0 Å². The van der Waals surface area contributed by atoms with Gasteiger partial charge in [-0.3, -0.25) is 4.98 Å². The molecule has 2 aromatic heterocycles. The fourth-order valence-electron chi connectivity index (χ4n) is 5.90. The first-order valence-electron chi connectivity index (χ1n) is 14.0. The Bertz CT molecular complexity index is 2360. The summed E-state index contributed by atoms with van der Waals surface area (Å²) in [6, 6.07) is 48.7. The van der Waals surface area contributed by atoms with Crippen molar-refractivity contribution in [1.82, 2.24) is 9.97 Å². The minimum atomic E-state index is 0.666. The molecule has 2 heterocycles. The molecule has 0 fully saturated rings. The first-order chi connectivity index (χ1) is 20.7.